The number of primary amides is 1. The summed E-state index contributed by atoms with van der Waals surface area (Å²) in [6.45, 7) is 1.68. The Kier molecular flexibility index (Phi) is 4.40. The summed E-state index contributed by atoms with van der Waals surface area (Å²) < 4.78 is 5.08. The van der Waals surface area contributed by atoms with Crippen molar-refractivity contribution in [2.24, 2.45) is 5.73 Å². The monoisotopic (exact) mass is 303 g/mol. The van der Waals surface area contributed by atoms with Crippen molar-refractivity contribution in [2.45, 2.75) is 37.5 Å². The SMILES string of the molecule is NC(=O)[C@@H]1CC[C@H](C(=O)NC2COC2)N1Cc1ccccc1. The molecule has 6 heteroatoms. The number of rotatable bonds is 5. The molecule has 0 bridgehead atoms. The third kappa shape index (κ3) is 3.13. The first-order valence-electron chi connectivity index (χ1n) is 7.62. The van der Waals surface area contributed by atoms with Crippen LogP contribution < -0.4 is 11.1 Å². The average Bonchev–Trinajstić information content (AvgIpc) is 2.87. The van der Waals surface area contributed by atoms with E-state index in [4.69, 9.17) is 10.5 Å². The topological polar surface area (TPSA) is 84.7 Å². The predicted octanol–water partition coefficient (Wildman–Crippen LogP) is 0.0199. The second-order valence-corrected chi connectivity index (χ2v) is 5.91. The van der Waals surface area contributed by atoms with Crippen molar-refractivity contribution in [2.75, 3.05) is 13.2 Å². The number of hydrogen-bond acceptors (Lipinski definition) is 4. The van der Waals surface area contributed by atoms with E-state index >= 15 is 0 Å². The molecule has 2 atom stereocenters. The van der Waals surface area contributed by atoms with Crippen molar-refractivity contribution in [3.05, 3.63) is 35.9 Å². The van der Waals surface area contributed by atoms with Crippen LogP contribution in [-0.2, 0) is 20.9 Å². The number of hydrogen-bond donors (Lipinski definition) is 2. The molecule has 2 aliphatic heterocycles. The van der Waals surface area contributed by atoms with Gasteiger partial charge in [-0.1, -0.05) is 30.3 Å². The van der Waals surface area contributed by atoms with Crippen molar-refractivity contribution in [1.82, 2.24) is 10.2 Å². The second kappa shape index (κ2) is 6.46. The summed E-state index contributed by atoms with van der Waals surface area (Å²) in [5.41, 5.74) is 6.58. The summed E-state index contributed by atoms with van der Waals surface area (Å²) in [4.78, 5) is 26.1. The van der Waals surface area contributed by atoms with Crippen molar-refractivity contribution < 1.29 is 14.3 Å². The lowest BCUT2D eigenvalue weighted by atomic mass is 10.1. The molecule has 3 N–H and O–H groups in total. The molecule has 2 saturated heterocycles. The van der Waals surface area contributed by atoms with Crippen LogP contribution in [0.4, 0.5) is 0 Å². The van der Waals surface area contributed by atoms with Gasteiger partial charge in [-0.05, 0) is 18.4 Å². The van der Waals surface area contributed by atoms with E-state index in [0.717, 1.165) is 5.56 Å². The van der Waals surface area contributed by atoms with Gasteiger partial charge in [0.25, 0.3) is 0 Å². The van der Waals surface area contributed by atoms with Gasteiger partial charge in [0.15, 0.2) is 0 Å². The number of carbonyl (C=O) groups excluding carboxylic acids is 2. The first-order valence-corrected chi connectivity index (χ1v) is 7.62. The Balaban J connectivity index is 1.72. The lowest BCUT2D eigenvalue weighted by Crippen LogP contribution is -2.55. The van der Waals surface area contributed by atoms with Gasteiger partial charge in [0, 0.05) is 6.54 Å². The molecular weight excluding hydrogens is 282 g/mol. The third-order valence-electron chi connectivity index (χ3n) is 4.34. The number of carbonyl (C=O) groups is 2. The molecule has 118 valence electrons. The molecule has 2 aliphatic rings. The van der Waals surface area contributed by atoms with Gasteiger partial charge in [-0.25, -0.2) is 0 Å². The first kappa shape index (κ1) is 15.0. The summed E-state index contributed by atoms with van der Waals surface area (Å²) in [5, 5.41) is 2.98. The lowest BCUT2D eigenvalue weighted by molar-refractivity contribution is -0.131. The highest BCUT2D eigenvalue weighted by molar-refractivity contribution is 5.86. The van der Waals surface area contributed by atoms with Gasteiger partial charge >= 0.3 is 0 Å². The summed E-state index contributed by atoms with van der Waals surface area (Å²) in [6.07, 6.45) is 1.28. The maximum atomic E-state index is 12.5. The molecular formula is C16H21N3O3. The number of ether oxygens (including phenoxy) is 1. The van der Waals surface area contributed by atoms with E-state index < -0.39 is 0 Å². The van der Waals surface area contributed by atoms with Crippen LogP contribution in [0.5, 0.6) is 0 Å². The van der Waals surface area contributed by atoms with E-state index in [2.05, 4.69) is 5.32 Å². The molecule has 1 aromatic rings. The van der Waals surface area contributed by atoms with Crippen LogP contribution in [0.1, 0.15) is 18.4 Å². The maximum Gasteiger partial charge on any atom is 0.237 e. The van der Waals surface area contributed by atoms with Gasteiger partial charge in [-0.15, -0.1) is 0 Å². The molecule has 6 nitrogen and oxygen atoms in total. The Labute approximate surface area is 129 Å². The number of nitrogens with one attached hydrogen (secondary N) is 1. The number of amides is 2. The highest BCUT2D eigenvalue weighted by atomic mass is 16.5. The fourth-order valence-corrected chi connectivity index (χ4v) is 3.08. The Morgan fingerprint density at radius 2 is 1.86 bits per heavy atom. The van der Waals surface area contributed by atoms with Gasteiger partial charge in [-0.3, -0.25) is 14.5 Å². The minimum atomic E-state index is -0.381. The van der Waals surface area contributed by atoms with E-state index in [-0.39, 0.29) is 29.9 Å². The Bertz CT molecular complexity index is 545. The van der Waals surface area contributed by atoms with E-state index in [1.165, 1.54) is 0 Å². The standard InChI is InChI=1S/C16H21N3O3/c17-15(20)13-6-7-14(16(21)18-12-9-22-10-12)19(13)8-11-4-2-1-3-5-11/h1-5,12-14H,6-10H2,(H2,17,20)(H,18,21)/t13-,14+/m0/s1. The fraction of sp³-hybridized carbons (Fsp3) is 0.500. The zero-order valence-electron chi connectivity index (χ0n) is 12.4. The van der Waals surface area contributed by atoms with Crippen molar-refractivity contribution in [1.29, 1.82) is 0 Å². The normalized spacial score (nSPS) is 25.6. The van der Waals surface area contributed by atoms with Crippen molar-refractivity contribution >= 4 is 11.8 Å². The smallest absolute Gasteiger partial charge is 0.237 e. The van der Waals surface area contributed by atoms with Crippen LogP contribution in [-0.4, -0.2) is 48.1 Å². The van der Waals surface area contributed by atoms with Crippen LogP contribution in [0.15, 0.2) is 30.3 Å². The van der Waals surface area contributed by atoms with Crippen LogP contribution in [0.25, 0.3) is 0 Å². The molecule has 0 aliphatic carbocycles. The van der Waals surface area contributed by atoms with E-state index in [1.54, 1.807) is 0 Å². The lowest BCUT2D eigenvalue weighted by Gasteiger charge is -2.32. The fourth-order valence-electron chi connectivity index (χ4n) is 3.08. The van der Waals surface area contributed by atoms with E-state index in [9.17, 15) is 9.59 Å². The predicted molar refractivity (Wildman–Crippen MR) is 80.7 cm³/mol. The number of benzene rings is 1. The molecule has 2 amide bonds. The number of nitrogens with zero attached hydrogens (tertiary/aromatic N) is 1. The zero-order chi connectivity index (χ0) is 15.5. The molecule has 0 unspecified atom stereocenters. The van der Waals surface area contributed by atoms with Crippen LogP contribution in [0.2, 0.25) is 0 Å². The summed E-state index contributed by atoms with van der Waals surface area (Å²) in [7, 11) is 0. The van der Waals surface area contributed by atoms with Crippen LogP contribution in [0.3, 0.4) is 0 Å². The van der Waals surface area contributed by atoms with Gasteiger partial charge in [-0.2, -0.15) is 0 Å². The molecule has 0 radical (unpaired) electrons. The minimum absolute atomic E-state index is 0.0343. The summed E-state index contributed by atoms with van der Waals surface area (Å²) in [5.74, 6) is -0.397. The minimum Gasteiger partial charge on any atom is -0.377 e. The molecule has 0 spiro atoms. The highest BCUT2D eigenvalue weighted by Crippen LogP contribution is 2.26. The molecule has 22 heavy (non-hydrogen) atoms. The van der Waals surface area contributed by atoms with Gasteiger partial charge in [0.1, 0.15) is 0 Å². The Morgan fingerprint density at radius 1 is 1.18 bits per heavy atom. The van der Waals surface area contributed by atoms with Gasteiger partial charge in [0.05, 0.1) is 31.3 Å². The molecule has 1 aromatic carbocycles. The first-order chi connectivity index (χ1) is 10.6. The Hall–Kier alpha value is -1.92. The van der Waals surface area contributed by atoms with E-state index in [1.807, 2.05) is 35.2 Å². The molecule has 2 fully saturated rings. The highest BCUT2D eigenvalue weighted by Gasteiger charge is 2.41. The van der Waals surface area contributed by atoms with Crippen LogP contribution >= 0.6 is 0 Å². The average molecular weight is 303 g/mol. The zero-order valence-corrected chi connectivity index (χ0v) is 12.4. The summed E-state index contributed by atoms with van der Waals surface area (Å²) in [6, 6.07) is 9.23. The van der Waals surface area contributed by atoms with Crippen LogP contribution in [0, 0.1) is 0 Å². The van der Waals surface area contributed by atoms with E-state index in [0.29, 0.717) is 32.6 Å². The molecule has 2 heterocycles. The molecule has 0 aromatic heterocycles. The third-order valence-corrected chi connectivity index (χ3v) is 4.34. The summed E-state index contributed by atoms with van der Waals surface area (Å²) >= 11 is 0. The molecule has 0 saturated carbocycles. The van der Waals surface area contributed by atoms with Crippen molar-refractivity contribution in [3.63, 3.8) is 0 Å². The second-order valence-electron chi connectivity index (χ2n) is 5.91. The van der Waals surface area contributed by atoms with Crippen molar-refractivity contribution in [3.8, 4) is 0 Å². The molecule has 3 rings (SSSR count). The Morgan fingerprint density at radius 3 is 2.45 bits per heavy atom. The quantitative estimate of drug-likeness (QED) is 0.803. The largest absolute Gasteiger partial charge is 0.377 e. The van der Waals surface area contributed by atoms with Gasteiger partial charge < -0.3 is 15.8 Å². The maximum absolute atomic E-state index is 12.5. The number of nitrogens with two attached hydrogens (primary N) is 1. The van der Waals surface area contributed by atoms with Gasteiger partial charge in [0.2, 0.25) is 11.8 Å². The number of likely N-dealkylation sites (tertiary alicyclic amines) is 1.